The minimum absolute atomic E-state index is 0.232. The first-order chi connectivity index (χ1) is 14.6. The Morgan fingerprint density at radius 1 is 1.00 bits per heavy atom. The zero-order valence-electron chi connectivity index (χ0n) is 16.2. The Morgan fingerprint density at radius 2 is 1.77 bits per heavy atom. The van der Waals surface area contributed by atoms with Crippen LogP contribution in [0.5, 0.6) is 11.5 Å². The summed E-state index contributed by atoms with van der Waals surface area (Å²) in [5, 5.41) is 0.686. The van der Waals surface area contributed by atoms with Crippen LogP contribution >= 0.6 is 11.6 Å². The van der Waals surface area contributed by atoms with E-state index < -0.39 is 5.97 Å². The number of aliphatic imine (C=N–C) groups is 1. The number of nitrogens with zero attached hydrogens (tertiary/aromatic N) is 1. The topological polar surface area (TPSA) is 57.1 Å². The smallest absolute Gasteiger partial charge is 0.363 e. The van der Waals surface area contributed by atoms with Gasteiger partial charge in [-0.3, -0.25) is 0 Å². The summed E-state index contributed by atoms with van der Waals surface area (Å²) >= 11 is 5.90. The van der Waals surface area contributed by atoms with Gasteiger partial charge < -0.3 is 14.2 Å². The number of esters is 1. The molecule has 0 saturated carbocycles. The third-order valence-corrected chi connectivity index (χ3v) is 4.69. The van der Waals surface area contributed by atoms with Crippen LogP contribution in [0.1, 0.15) is 16.7 Å². The molecule has 150 valence electrons. The van der Waals surface area contributed by atoms with Crippen molar-refractivity contribution in [3.05, 3.63) is 100 Å². The van der Waals surface area contributed by atoms with Crippen LogP contribution in [0.15, 0.2) is 83.5 Å². The monoisotopic (exact) mass is 419 g/mol. The second kappa shape index (κ2) is 8.84. The fourth-order valence-electron chi connectivity index (χ4n) is 2.87. The van der Waals surface area contributed by atoms with Gasteiger partial charge in [0.25, 0.3) is 0 Å². The van der Waals surface area contributed by atoms with Crippen molar-refractivity contribution in [2.45, 2.75) is 6.61 Å². The summed E-state index contributed by atoms with van der Waals surface area (Å²) in [6.07, 6.45) is 1.67. The number of halogens is 1. The van der Waals surface area contributed by atoms with Crippen LogP contribution in [0, 0.1) is 0 Å². The molecule has 0 unspecified atom stereocenters. The lowest BCUT2D eigenvalue weighted by molar-refractivity contribution is -0.129. The largest absolute Gasteiger partial charge is 0.497 e. The summed E-state index contributed by atoms with van der Waals surface area (Å²) in [5.41, 5.74) is 2.73. The second-order valence-electron chi connectivity index (χ2n) is 6.55. The molecule has 4 rings (SSSR count). The van der Waals surface area contributed by atoms with E-state index in [2.05, 4.69) is 4.99 Å². The Balaban J connectivity index is 1.49. The third-order valence-electron chi connectivity index (χ3n) is 4.44. The first-order valence-electron chi connectivity index (χ1n) is 9.25. The molecule has 0 bridgehead atoms. The van der Waals surface area contributed by atoms with E-state index in [1.54, 1.807) is 37.5 Å². The predicted molar refractivity (Wildman–Crippen MR) is 116 cm³/mol. The van der Waals surface area contributed by atoms with Crippen molar-refractivity contribution in [2.24, 2.45) is 4.99 Å². The van der Waals surface area contributed by atoms with Crippen molar-refractivity contribution in [2.75, 3.05) is 7.11 Å². The van der Waals surface area contributed by atoms with Crippen LogP contribution in [-0.2, 0) is 16.1 Å². The summed E-state index contributed by atoms with van der Waals surface area (Å²) in [4.78, 5) is 16.6. The number of methoxy groups -OCH3 is 1. The molecule has 0 spiro atoms. The van der Waals surface area contributed by atoms with Gasteiger partial charge in [0, 0.05) is 10.6 Å². The van der Waals surface area contributed by atoms with Gasteiger partial charge in [-0.05, 0) is 65.7 Å². The highest BCUT2D eigenvalue weighted by Gasteiger charge is 2.24. The lowest BCUT2D eigenvalue weighted by atomic mass is 10.2. The quantitative estimate of drug-likeness (QED) is 0.403. The summed E-state index contributed by atoms with van der Waals surface area (Å²) in [6, 6.07) is 22.1. The molecule has 0 N–H and O–H groups in total. The summed E-state index contributed by atoms with van der Waals surface area (Å²) in [7, 11) is 1.59. The molecule has 0 atom stereocenters. The Bertz CT molecular complexity index is 1120. The molecule has 0 amide bonds. The maximum Gasteiger partial charge on any atom is 0.363 e. The predicted octanol–water partition coefficient (Wildman–Crippen LogP) is 5.27. The van der Waals surface area contributed by atoms with Crippen LogP contribution in [0.2, 0.25) is 5.02 Å². The van der Waals surface area contributed by atoms with Crippen molar-refractivity contribution < 1.29 is 19.0 Å². The van der Waals surface area contributed by atoms with E-state index in [-0.39, 0.29) is 11.6 Å². The highest BCUT2D eigenvalue weighted by molar-refractivity contribution is 6.30. The zero-order valence-corrected chi connectivity index (χ0v) is 16.9. The van der Waals surface area contributed by atoms with Crippen molar-refractivity contribution in [1.82, 2.24) is 0 Å². The molecule has 5 nitrogen and oxygen atoms in total. The van der Waals surface area contributed by atoms with Gasteiger partial charge >= 0.3 is 5.97 Å². The van der Waals surface area contributed by atoms with Crippen LogP contribution in [-0.4, -0.2) is 19.0 Å². The van der Waals surface area contributed by atoms with E-state index in [1.807, 2.05) is 48.5 Å². The normalized spacial score (nSPS) is 14.4. The SMILES string of the molecule is COc1ccc(C2=N/C(=C\c3cccc(OCc4ccc(Cl)cc4)c3)C(=O)O2)cc1. The fraction of sp³-hybridized carbons (Fsp3) is 0.0833. The molecule has 1 aliphatic rings. The van der Waals surface area contributed by atoms with E-state index in [0.717, 1.165) is 16.9 Å². The highest BCUT2D eigenvalue weighted by Crippen LogP contribution is 2.23. The van der Waals surface area contributed by atoms with E-state index in [0.29, 0.717) is 22.9 Å². The number of cyclic esters (lactones) is 1. The average molecular weight is 420 g/mol. The maximum absolute atomic E-state index is 12.2. The maximum atomic E-state index is 12.2. The molecule has 0 radical (unpaired) electrons. The van der Waals surface area contributed by atoms with Crippen LogP contribution in [0.3, 0.4) is 0 Å². The van der Waals surface area contributed by atoms with Gasteiger partial charge in [-0.25, -0.2) is 9.79 Å². The Labute approximate surface area is 179 Å². The second-order valence-corrected chi connectivity index (χ2v) is 6.99. The number of rotatable bonds is 6. The van der Waals surface area contributed by atoms with Gasteiger partial charge in [0.2, 0.25) is 5.90 Å². The molecular formula is C24H18ClNO4. The summed E-state index contributed by atoms with van der Waals surface area (Å²) < 4.78 is 16.3. The minimum atomic E-state index is -0.492. The molecule has 0 aliphatic carbocycles. The minimum Gasteiger partial charge on any atom is -0.497 e. The van der Waals surface area contributed by atoms with Crippen molar-refractivity contribution in [3.8, 4) is 11.5 Å². The molecule has 0 fully saturated rings. The van der Waals surface area contributed by atoms with E-state index in [9.17, 15) is 4.79 Å². The molecule has 0 saturated heterocycles. The van der Waals surface area contributed by atoms with Gasteiger partial charge in [-0.15, -0.1) is 0 Å². The van der Waals surface area contributed by atoms with Gasteiger partial charge in [0.05, 0.1) is 7.11 Å². The molecule has 30 heavy (non-hydrogen) atoms. The summed E-state index contributed by atoms with van der Waals surface area (Å²) in [6.45, 7) is 0.416. The van der Waals surface area contributed by atoms with Crippen molar-refractivity contribution in [1.29, 1.82) is 0 Å². The lowest BCUT2D eigenvalue weighted by Gasteiger charge is -2.07. The van der Waals surface area contributed by atoms with E-state index in [1.165, 1.54) is 0 Å². The molecular weight excluding hydrogens is 402 g/mol. The molecule has 6 heteroatoms. The van der Waals surface area contributed by atoms with Gasteiger partial charge in [-0.2, -0.15) is 0 Å². The molecule has 1 heterocycles. The number of ether oxygens (including phenoxy) is 3. The van der Waals surface area contributed by atoms with Crippen LogP contribution in [0.25, 0.3) is 6.08 Å². The number of benzene rings is 3. The highest BCUT2D eigenvalue weighted by atomic mass is 35.5. The van der Waals surface area contributed by atoms with Crippen LogP contribution in [0.4, 0.5) is 0 Å². The average Bonchev–Trinajstić information content (AvgIpc) is 3.14. The van der Waals surface area contributed by atoms with Crippen LogP contribution < -0.4 is 9.47 Å². The first kappa shape index (κ1) is 19.7. The molecule has 3 aromatic rings. The van der Waals surface area contributed by atoms with E-state index >= 15 is 0 Å². The third kappa shape index (κ3) is 4.70. The van der Waals surface area contributed by atoms with Crippen molar-refractivity contribution in [3.63, 3.8) is 0 Å². The van der Waals surface area contributed by atoms with Gasteiger partial charge in [-0.1, -0.05) is 35.9 Å². The number of hydrogen-bond donors (Lipinski definition) is 0. The molecule has 3 aromatic carbocycles. The van der Waals surface area contributed by atoms with Gasteiger partial charge in [0.15, 0.2) is 5.70 Å². The number of carbonyl (C=O) groups is 1. The fourth-order valence-corrected chi connectivity index (χ4v) is 2.99. The Kier molecular flexibility index (Phi) is 5.82. The Hall–Kier alpha value is -3.57. The Morgan fingerprint density at radius 3 is 2.50 bits per heavy atom. The standard InChI is InChI=1S/C24H18ClNO4/c1-28-20-11-7-18(8-12-20)23-26-22(24(27)30-23)14-17-3-2-4-21(13-17)29-15-16-5-9-19(25)10-6-16/h2-14H,15H2,1H3/b22-14-. The molecule has 1 aliphatic heterocycles. The lowest BCUT2D eigenvalue weighted by Crippen LogP contribution is -2.05. The summed E-state index contributed by atoms with van der Waals surface area (Å²) in [5.74, 6) is 1.18. The zero-order chi connectivity index (χ0) is 20.9. The van der Waals surface area contributed by atoms with Gasteiger partial charge in [0.1, 0.15) is 18.1 Å². The number of hydrogen-bond acceptors (Lipinski definition) is 5. The molecule has 0 aromatic heterocycles. The number of carbonyl (C=O) groups excluding carboxylic acids is 1. The first-order valence-corrected chi connectivity index (χ1v) is 9.63. The van der Waals surface area contributed by atoms with E-state index in [4.69, 9.17) is 25.8 Å². The van der Waals surface area contributed by atoms with Crippen molar-refractivity contribution >= 4 is 29.5 Å².